The van der Waals surface area contributed by atoms with E-state index in [2.05, 4.69) is 10.3 Å². The summed E-state index contributed by atoms with van der Waals surface area (Å²) < 4.78 is 22.9. The number of hydrogen-bond acceptors (Lipinski definition) is 3. The van der Waals surface area contributed by atoms with E-state index in [1.807, 2.05) is 54.7 Å². The number of sulfone groups is 1. The van der Waals surface area contributed by atoms with Crippen molar-refractivity contribution in [3.05, 3.63) is 106 Å². The molecule has 0 radical (unpaired) electrons. The summed E-state index contributed by atoms with van der Waals surface area (Å²) in [6.07, 6.45) is 3.15. The van der Waals surface area contributed by atoms with Crippen molar-refractivity contribution in [2.45, 2.75) is 11.7 Å². The molecule has 32 heavy (non-hydrogen) atoms. The number of H-pyrrole nitrogens is 1. The molecule has 1 aromatic heterocycles. The van der Waals surface area contributed by atoms with Crippen LogP contribution >= 0.6 is 11.6 Å². The summed E-state index contributed by atoms with van der Waals surface area (Å²) in [7, 11) is -3.13. The van der Waals surface area contributed by atoms with Gasteiger partial charge in [0.2, 0.25) is 0 Å². The van der Waals surface area contributed by atoms with Gasteiger partial charge in [0, 0.05) is 46.4 Å². The second-order valence-corrected chi connectivity index (χ2v) is 10.4. The number of para-hydroxylation sites is 1. The molecule has 0 aliphatic rings. The van der Waals surface area contributed by atoms with Gasteiger partial charge in [0.05, 0.1) is 5.75 Å². The zero-order valence-corrected chi connectivity index (χ0v) is 19.1. The van der Waals surface area contributed by atoms with Crippen LogP contribution in [0.1, 0.15) is 33.0 Å². The number of hydrogen-bond donors (Lipinski definition) is 2. The molecule has 0 bridgehead atoms. The Morgan fingerprint density at radius 1 is 0.969 bits per heavy atom. The number of benzene rings is 3. The van der Waals surface area contributed by atoms with Gasteiger partial charge in [0.1, 0.15) is 0 Å². The number of rotatable bonds is 7. The molecule has 0 fully saturated rings. The fraction of sp³-hybridized carbons (Fsp3) is 0.160. The second-order valence-electron chi connectivity index (χ2n) is 7.84. The highest BCUT2D eigenvalue weighted by molar-refractivity contribution is 7.89. The standard InChI is InChI=1S/C25H23ClN2O3S/c1-32(30,31)16-17-10-12-18(13-11-17)25(29)28-15-21(19-6-2-4-8-23(19)26)22-14-27-24-9-5-3-7-20(22)24/h2-14,21,27H,15-16H2,1H3,(H,28,29). The van der Waals surface area contributed by atoms with Gasteiger partial charge < -0.3 is 10.3 Å². The topological polar surface area (TPSA) is 79.0 Å². The zero-order chi connectivity index (χ0) is 22.7. The van der Waals surface area contributed by atoms with Gasteiger partial charge >= 0.3 is 0 Å². The van der Waals surface area contributed by atoms with E-state index in [4.69, 9.17) is 11.6 Å². The SMILES string of the molecule is CS(=O)(=O)Cc1ccc(C(=O)NCC(c2ccccc2Cl)c2c[nH]c3ccccc23)cc1. The molecule has 3 aromatic carbocycles. The molecule has 2 N–H and O–H groups in total. The number of nitrogens with one attached hydrogen (secondary N) is 2. The van der Waals surface area contributed by atoms with Gasteiger partial charge in [-0.25, -0.2) is 8.42 Å². The minimum atomic E-state index is -3.13. The Bertz CT molecular complexity index is 1360. The van der Waals surface area contributed by atoms with Gasteiger partial charge in [-0.15, -0.1) is 0 Å². The third-order valence-electron chi connectivity index (χ3n) is 5.39. The number of fused-ring (bicyclic) bond motifs is 1. The van der Waals surface area contributed by atoms with E-state index in [0.717, 1.165) is 22.0 Å². The van der Waals surface area contributed by atoms with Crippen molar-refractivity contribution >= 4 is 38.2 Å². The van der Waals surface area contributed by atoms with Crippen LogP contribution in [-0.2, 0) is 15.6 Å². The average Bonchev–Trinajstić information content (AvgIpc) is 3.18. The summed E-state index contributed by atoms with van der Waals surface area (Å²) in [5, 5.41) is 4.74. The van der Waals surface area contributed by atoms with Gasteiger partial charge in [0.15, 0.2) is 9.84 Å². The van der Waals surface area contributed by atoms with Crippen LogP contribution < -0.4 is 5.32 Å². The van der Waals surface area contributed by atoms with Crippen molar-refractivity contribution in [3.8, 4) is 0 Å². The third kappa shape index (κ3) is 5.03. The van der Waals surface area contributed by atoms with Crippen LogP contribution in [0.15, 0.2) is 79.0 Å². The Kier molecular flexibility index (Phi) is 6.35. The minimum absolute atomic E-state index is 0.0515. The molecule has 1 unspecified atom stereocenters. The molecule has 0 saturated heterocycles. The molecule has 164 valence electrons. The molecule has 4 aromatic rings. The Morgan fingerprint density at radius 2 is 1.66 bits per heavy atom. The van der Waals surface area contributed by atoms with E-state index < -0.39 is 9.84 Å². The Balaban J connectivity index is 1.58. The van der Waals surface area contributed by atoms with Gasteiger partial charge in [-0.1, -0.05) is 60.1 Å². The van der Waals surface area contributed by atoms with Crippen molar-refractivity contribution in [1.29, 1.82) is 0 Å². The Hall–Kier alpha value is -3.09. The van der Waals surface area contributed by atoms with Crippen LogP contribution in [0.2, 0.25) is 5.02 Å². The van der Waals surface area contributed by atoms with E-state index in [-0.39, 0.29) is 17.6 Å². The zero-order valence-electron chi connectivity index (χ0n) is 17.5. The summed E-state index contributed by atoms with van der Waals surface area (Å²) in [5.74, 6) is -0.426. The lowest BCUT2D eigenvalue weighted by Gasteiger charge is -2.19. The van der Waals surface area contributed by atoms with Gasteiger partial charge in [-0.05, 0) is 41.0 Å². The van der Waals surface area contributed by atoms with Gasteiger partial charge in [-0.3, -0.25) is 4.79 Å². The maximum atomic E-state index is 12.8. The predicted molar refractivity (Wildman–Crippen MR) is 129 cm³/mol. The molecule has 0 aliphatic heterocycles. The lowest BCUT2D eigenvalue weighted by atomic mass is 9.90. The average molecular weight is 467 g/mol. The summed E-state index contributed by atoms with van der Waals surface area (Å²) in [6.45, 7) is 0.357. The smallest absolute Gasteiger partial charge is 0.251 e. The molecular formula is C25H23ClN2O3S. The van der Waals surface area contributed by atoms with Crippen LogP contribution in [-0.4, -0.2) is 32.1 Å². The maximum Gasteiger partial charge on any atom is 0.251 e. The normalized spacial score (nSPS) is 12.6. The number of aromatic nitrogens is 1. The molecule has 0 spiro atoms. The molecule has 1 heterocycles. The number of amides is 1. The van der Waals surface area contributed by atoms with Crippen molar-refractivity contribution in [1.82, 2.24) is 10.3 Å². The number of carbonyl (C=O) groups is 1. The molecule has 0 aliphatic carbocycles. The van der Waals surface area contributed by atoms with Crippen molar-refractivity contribution in [2.75, 3.05) is 12.8 Å². The summed E-state index contributed by atoms with van der Waals surface area (Å²) in [4.78, 5) is 16.1. The van der Waals surface area contributed by atoms with Crippen LogP contribution in [0.3, 0.4) is 0 Å². The lowest BCUT2D eigenvalue weighted by Crippen LogP contribution is -2.29. The van der Waals surface area contributed by atoms with Crippen molar-refractivity contribution in [3.63, 3.8) is 0 Å². The molecule has 1 amide bonds. The summed E-state index contributed by atoms with van der Waals surface area (Å²) >= 11 is 6.52. The molecule has 5 nitrogen and oxygen atoms in total. The summed E-state index contributed by atoms with van der Waals surface area (Å²) in [6, 6.07) is 22.3. The van der Waals surface area contributed by atoms with E-state index in [1.165, 1.54) is 6.26 Å². The molecule has 1 atom stereocenters. The van der Waals surface area contributed by atoms with Crippen molar-refractivity contribution < 1.29 is 13.2 Å². The van der Waals surface area contributed by atoms with Crippen LogP contribution in [0, 0.1) is 0 Å². The van der Waals surface area contributed by atoms with E-state index in [1.54, 1.807) is 24.3 Å². The summed E-state index contributed by atoms with van der Waals surface area (Å²) in [5.41, 5.74) is 4.13. The Morgan fingerprint density at radius 3 is 2.38 bits per heavy atom. The van der Waals surface area contributed by atoms with Gasteiger partial charge in [-0.2, -0.15) is 0 Å². The van der Waals surface area contributed by atoms with E-state index >= 15 is 0 Å². The first-order valence-corrected chi connectivity index (χ1v) is 12.6. The fourth-order valence-electron chi connectivity index (χ4n) is 3.88. The molecule has 4 rings (SSSR count). The predicted octanol–water partition coefficient (Wildman–Crippen LogP) is 4.93. The van der Waals surface area contributed by atoms with Gasteiger partial charge in [0.25, 0.3) is 5.91 Å². The third-order valence-corrected chi connectivity index (χ3v) is 6.59. The molecule has 7 heteroatoms. The van der Waals surface area contributed by atoms with Crippen LogP contribution in [0.4, 0.5) is 0 Å². The number of carbonyl (C=O) groups excluding carboxylic acids is 1. The first-order chi connectivity index (χ1) is 15.3. The minimum Gasteiger partial charge on any atom is -0.361 e. The number of aromatic amines is 1. The second kappa shape index (κ2) is 9.18. The van der Waals surface area contributed by atoms with E-state index in [9.17, 15) is 13.2 Å². The highest BCUT2D eigenvalue weighted by Crippen LogP contribution is 2.34. The number of halogens is 1. The molecular weight excluding hydrogens is 444 g/mol. The fourth-order valence-corrected chi connectivity index (χ4v) is 4.94. The first kappa shape index (κ1) is 22.1. The van der Waals surface area contributed by atoms with Crippen molar-refractivity contribution in [2.24, 2.45) is 0 Å². The maximum absolute atomic E-state index is 12.8. The highest BCUT2D eigenvalue weighted by atomic mass is 35.5. The lowest BCUT2D eigenvalue weighted by molar-refractivity contribution is 0.0952. The highest BCUT2D eigenvalue weighted by Gasteiger charge is 2.21. The monoisotopic (exact) mass is 466 g/mol. The van der Waals surface area contributed by atoms with Crippen LogP contribution in [0.25, 0.3) is 10.9 Å². The molecule has 0 saturated carbocycles. The van der Waals surface area contributed by atoms with E-state index in [0.29, 0.717) is 22.7 Å². The first-order valence-electron chi connectivity index (χ1n) is 10.2. The quantitative estimate of drug-likeness (QED) is 0.405. The Labute approximate surface area is 192 Å². The van der Waals surface area contributed by atoms with Crippen LogP contribution in [0.5, 0.6) is 0 Å². The largest absolute Gasteiger partial charge is 0.361 e.